The molecule has 2 aliphatic heterocycles. The topological polar surface area (TPSA) is 90.0 Å². The molecule has 0 aliphatic carbocycles. The average Bonchev–Trinajstić information content (AvgIpc) is 3.07. The second-order valence-electron chi connectivity index (χ2n) is 7.73. The molecule has 0 bridgehead atoms. The first-order valence-corrected chi connectivity index (χ1v) is 11.8. The zero-order valence-corrected chi connectivity index (χ0v) is 18.0. The van der Waals surface area contributed by atoms with Crippen molar-refractivity contribution in [1.29, 1.82) is 0 Å². The summed E-state index contributed by atoms with van der Waals surface area (Å²) in [6.07, 6.45) is 1.53. The molecule has 0 radical (unpaired) electrons. The van der Waals surface area contributed by atoms with Crippen molar-refractivity contribution < 1.29 is 18.0 Å². The Morgan fingerprint density at radius 3 is 2.28 bits per heavy atom. The Bertz CT molecular complexity index is 833. The summed E-state index contributed by atoms with van der Waals surface area (Å²) in [5.74, 6) is 0.129. The molecule has 29 heavy (non-hydrogen) atoms. The Hall–Kier alpha value is -2.13. The van der Waals surface area contributed by atoms with Gasteiger partial charge in [-0.05, 0) is 44.0 Å². The fourth-order valence-electron chi connectivity index (χ4n) is 3.62. The van der Waals surface area contributed by atoms with Crippen molar-refractivity contribution in [3.63, 3.8) is 0 Å². The molecule has 3 rings (SSSR count). The minimum absolute atomic E-state index is 0.0200. The first-order chi connectivity index (χ1) is 13.8. The van der Waals surface area contributed by atoms with Crippen molar-refractivity contribution in [3.8, 4) is 0 Å². The Labute approximate surface area is 172 Å². The quantitative estimate of drug-likeness (QED) is 0.736. The van der Waals surface area contributed by atoms with Crippen LogP contribution >= 0.6 is 0 Å². The monoisotopic (exact) mass is 422 g/mol. The van der Waals surface area contributed by atoms with Crippen molar-refractivity contribution >= 4 is 27.5 Å². The Morgan fingerprint density at radius 1 is 1.07 bits per heavy atom. The van der Waals surface area contributed by atoms with Gasteiger partial charge in [-0.25, -0.2) is 8.42 Å². The van der Waals surface area contributed by atoms with Crippen LogP contribution in [0.5, 0.6) is 0 Å². The SMILES string of the molecule is CCC(C)NC(=O)CN1CCN(C(=O)c2ccc(N3CCCS3(=O)=O)cc2)CC1. The number of amides is 2. The highest BCUT2D eigenvalue weighted by molar-refractivity contribution is 7.93. The molecule has 0 aromatic heterocycles. The van der Waals surface area contributed by atoms with Gasteiger partial charge in [-0.2, -0.15) is 0 Å². The summed E-state index contributed by atoms with van der Waals surface area (Å²) in [6.45, 7) is 7.31. The van der Waals surface area contributed by atoms with Crippen LogP contribution in [0.15, 0.2) is 24.3 Å². The lowest BCUT2D eigenvalue weighted by molar-refractivity contribution is -0.123. The van der Waals surface area contributed by atoms with E-state index in [4.69, 9.17) is 0 Å². The lowest BCUT2D eigenvalue weighted by atomic mass is 10.1. The maximum atomic E-state index is 12.8. The number of anilines is 1. The van der Waals surface area contributed by atoms with Gasteiger partial charge in [-0.1, -0.05) is 6.92 Å². The molecule has 2 amide bonds. The molecule has 1 unspecified atom stereocenters. The number of carbonyl (C=O) groups is 2. The van der Waals surface area contributed by atoms with E-state index in [-0.39, 0.29) is 23.6 Å². The van der Waals surface area contributed by atoms with Crippen molar-refractivity contribution in [2.75, 3.05) is 49.3 Å². The van der Waals surface area contributed by atoms with Crippen molar-refractivity contribution in [3.05, 3.63) is 29.8 Å². The smallest absolute Gasteiger partial charge is 0.253 e. The second-order valence-corrected chi connectivity index (χ2v) is 9.75. The number of rotatable bonds is 6. The summed E-state index contributed by atoms with van der Waals surface area (Å²) < 4.78 is 25.5. The minimum Gasteiger partial charge on any atom is -0.353 e. The number of nitrogens with one attached hydrogen (secondary N) is 1. The van der Waals surface area contributed by atoms with Gasteiger partial charge in [0.1, 0.15) is 0 Å². The average molecular weight is 423 g/mol. The molecule has 2 heterocycles. The summed E-state index contributed by atoms with van der Waals surface area (Å²) >= 11 is 0. The number of hydrogen-bond acceptors (Lipinski definition) is 5. The van der Waals surface area contributed by atoms with Crippen LogP contribution in [0.3, 0.4) is 0 Å². The molecule has 9 heteroatoms. The molecule has 1 aromatic carbocycles. The molecule has 1 N–H and O–H groups in total. The van der Waals surface area contributed by atoms with E-state index in [9.17, 15) is 18.0 Å². The van der Waals surface area contributed by atoms with Crippen molar-refractivity contribution in [2.45, 2.75) is 32.7 Å². The summed E-state index contributed by atoms with van der Waals surface area (Å²) in [6, 6.07) is 6.95. The molecule has 160 valence electrons. The van der Waals surface area contributed by atoms with Crippen LogP contribution in [-0.2, 0) is 14.8 Å². The maximum absolute atomic E-state index is 12.8. The number of hydrogen-bond donors (Lipinski definition) is 1. The van der Waals surface area contributed by atoms with Crippen LogP contribution in [-0.4, -0.2) is 81.1 Å². The van der Waals surface area contributed by atoms with Gasteiger partial charge in [0.2, 0.25) is 15.9 Å². The number of sulfonamides is 1. The molecule has 2 fully saturated rings. The third-order valence-corrected chi connectivity index (χ3v) is 7.42. The first-order valence-electron chi connectivity index (χ1n) is 10.2. The summed E-state index contributed by atoms with van der Waals surface area (Å²) in [7, 11) is -3.22. The van der Waals surface area contributed by atoms with Gasteiger partial charge in [-0.3, -0.25) is 18.8 Å². The van der Waals surface area contributed by atoms with Crippen molar-refractivity contribution in [2.24, 2.45) is 0 Å². The largest absolute Gasteiger partial charge is 0.353 e. The van der Waals surface area contributed by atoms with Gasteiger partial charge >= 0.3 is 0 Å². The van der Waals surface area contributed by atoms with Crippen LogP contribution in [0.4, 0.5) is 5.69 Å². The lowest BCUT2D eigenvalue weighted by Crippen LogP contribution is -2.51. The zero-order valence-electron chi connectivity index (χ0n) is 17.1. The highest BCUT2D eigenvalue weighted by atomic mass is 32.2. The van der Waals surface area contributed by atoms with E-state index in [1.165, 1.54) is 4.31 Å². The normalized spacial score (nSPS) is 20.5. The van der Waals surface area contributed by atoms with E-state index in [1.807, 2.05) is 13.8 Å². The molecule has 0 saturated carbocycles. The molecule has 2 saturated heterocycles. The number of benzene rings is 1. The summed E-state index contributed by atoms with van der Waals surface area (Å²) in [5, 5.41) is 2.96. The fourth-order valence-corrected chi connectivity index (χ4v) is 5.18. The van der Waals surface area contributed by atoms with Crippen LogP contribution in [0.25, 0.3) is 0 Å². The molecular formula is C20H30N4O4S. The fraction of sp³-hybridized carbons (Fsp3) is 0.600. The third-order valence-electron chi connectivity index (χ3n) is 5.55. The number of piperazine rings is 1. The van der Waals surface area contributed by atoms with E-state index in [2.05, 4.69) is 10.2 Å². The van der Waals surface area contributed by atoms with Gasteiger partial charge in [0.05, 0.1) is 18.0 Å². The van der Waals surface area contributed by atoms with Gasteiger partial charge in [0.25, 0.3) is 5.91 Å². The Morgan fingerprint density at radius 2 is 1.72 bits per heavy atom. The minimum atomic E-state index is -3.22. The maximum Gasteiger partial charge on any atom is 0.253 e. The highest BCUT2D eigenvalue weighted by Crippen LogP contribution is 2.24. The molecule has 8 nitrogen and oxygen atoms in total. The zero-order chi connectivity index (χ0) is 21.0. The molecule has 2 aliphatic rings. The van der Waals surface area contributed by atoms with Crippen LogP contribution < -0.4 is 9.62 Å². The van der Waals surface area contributed by atoms with Crippen molar-refractivity contribution in [1.82, 2.24) is 15.1 Å². The number of nitrogens with zero attached hydrogens (tertiary/aromatic N) is 3. The summed E-state index contributed by atoms with van der Waals surface area (Å²) in [5.41, 5.74) is 1.16. The standard InChI is InChI=1S/C20H30N4O4S/c1-3-16(2)21-19(25)15-22-10-12-23(13-11-22)20(26)17-5-7-18(8-6-17)24-9-4-14-29(24,27)28/h5-8,16H,3-4,9-15H2,1-2H3,(H,21,25). The van der Waals surface area contributed by atoms with Gasteiger partial charge in [0.15, 0.2) is 0 Å². The molecule has 1 aromatic rings. The van der Waals surface area contributed by atoms with Crippen LogP contribution in [0.2, 0.25) is 0 Å². The van der Waals surface area contributed by atoms with E-state index in [0.29, 0.717) is 56.9 Å². The Balaban J connectivity index is 1.52. The molecular weight excluding hydrogens is 392 g/mol. The van der Waals surface area contributed by atoms with E-state index >= 15 is 0 Å². The second kappa shape index (κ2) is 9.13. The molecule has 0 spiro atoms. The van der Waals surface area contributed by atoms with E-state index < -0.39 is 10.0 Å². The van der Waals surface area contributed by atoms with Gasteiger partial charge in [0, 0.05) is 44.3 Å². The van der Waals surface area contributed by atoms with Crippen LogP contribution in [0.1, 0.15) is 37.0 Å². The Kier molecular flexibility index (Phi) is 6.79. The lowest BCUT2D eigenvalue weighted by Gasteiger charge is -2.34. The summed E-state index contributed by atoms with van der Waals surface area (Å²) in [4.78, 5) is 28.6. The van der Waals surface area contributed by atoms with E-state index in [0.717, 1.165) is 6.42 Å². The van der Waals surface area contributed by atoms with Gasteiger partial charge in [-0.15, -0.1) is 0 Å². The van der Waals surface area contributed by atoms with E-state index in [1.54, 1.807) is 29.2 Å². The predicted molar refractivity (Wildman–Crippen MR) is 112 cm³/mol. The number of carbonyl (C=O) groups excluding carboxylic acids is 2. The predicted octanol–water partition coefficient (Wildman–Crippen LogP) is 0.899. The van der Waals surface area contributed by atoms with Crippen LogP contribution in [0, 0.1) is 0 Å². The van der Waals surface area contributed by atoms with Gasteiger partial charge < -0.3 is 10.2 Å². The highest BCUT2D eigenvalue weighted by Gasteiger charge is 2.29. The third kappa shape index (κ3) is 5.27. The first kappa shape index (κ1) is 21.6. The molecule has 1 atom stereocenters.